The Morgan fingerprint density at radius 2 is 2.06 bits per heavy atom. The Bertz CT molecular complexity index is 255. The molecule has 0 heterocycles. The van der Waals surface area contributed by atoms with Crippen LogP contribution in [-0.2, 0) is 0 Å². The molecule has 0 aliphatic heterocycles. The Morgan fingerprint density at radius 1 is 1.39 bits per heavy atom. The molecular formula is C13H25F3N2. The number of hydrogen-bond acceptors (Lipinski definition) is 2. The van der Waals surface area contributed by atoms with Crippen LogP contribution in [0.4, 0.5) is 13.2 Å². The minimum absolute atomic E-state index is 0.0801. The lowest BCUT2D eigenvalue weighted by molar-refractivity contribution is -0.136. The van der Waals surface area contributed by atoms with Gasteiger partial charge in [0.05, 0.1) is 0 Å². The second kappa shape index (κ2) is 6.24. The number of alkyl halides is 3. The topological polar surface area (TPSA) is 29.3 Å². The summed E-state index contributed by atoms with van der Waals surface area (Å²) < 4.78 is 36.4. The lowest BCUT2D eigenvalue weighted by atomic mass is 9.75. The molecule has 1 fully saturated rings. The maximum absolute atomic E-state index is 12.1. The van der Waals surface area contributed by atoms with E-state index in [-0.39, 0.29) is 12.0 Å². The van der Waals surface area contributed by atoms with E-state index in [0.29, 0.717) is 19.0 Å². The highest BCUT2D eigenvalue weighted by atomic mass is 19.4. The van der Waals surface area contributed by atoms with E-state index < -0.39 is 12.6 Å². The zero-order valence-corrected chi connectivity index (χ0v) is 11.4. The third-order valence-electron chi connectivity index (χ3n) is 4.21. The molecule has 1 aliphatic carbocycles. The van der Waals surface area contributed by atoms with E-state index in [9.17, 15) is 13.2 Å². The highest BCUT2D eigenvalue weighted by molar-refractivity contribution is 4.94. The van der Waals surface area contributed by atoms with Crippen molar-refractivity contribution < 1.29 is 13.2 Å². The van der Waals surface area contributed by atoms with E-state index in [1.165, 1.54) is 6.42 Å². The number of likely N-dealkylation sites (N-methyl/N-ethyl adjacent to an activating group) is 1. The van der Waals surface area contributed by atoms with Gasteiger partial charge in [0.1, 0.15) is 0 Å². The molecule has 2 N–H and O–H groups in total. The predicted molar refractivity (Wildman–Crippen MR) is 67.3 cm³/mol. The summed E-state index contributed by atoms with van der Waals surface area (Å²) in [5.74, 6) is 0.618. The van der Waals surface area contributed by atoms with Gasteiger partial charge >= 0.3 is 6.18 Å². The van der Waals surface area contributed by atoms with Gasteiger partial charge in [-0.05, 0) is 38.8 Å². The van der Waals surface area contributed by atoms with Crippen LogP contribution in [-0.4, -0.2) is 36.8 Å². The maximum Gasteiger partial charge on any atom is 0.389 e. The molecular weight excluding hydrogens is 241 g/mol. The molecule has 0 aromatic heterocycles. The molecule has 0 amide bonds. The van der Waals surface area contributed by atoms with Gasteiger partial charge in [-0.1, -0.05) is 19.8 Å². The van der Waals surface area contributed by atoms with E-state index in [4.69, 9.17) is 5.73 Å². The van der Waals surface area contributed by atoms with Crippen LogP contribution in [0.3, 0.4) is 0 Å². The lowest BCUT2D eigenvalue weighted by Gasteiger charge is -2.46. The Hall–Kier alpha value is -0.290. The van der Waals surface area contributed by atoms with Crippen LogP contribution in [0.2, 0.25) is 0 Å². The van der Waals surface area contributed by atoms with Crippen molar-refractivity contribution in [3.8, 4) is 0 Å². The first kappa shape index (κ1) is 15.8. The average molecular weight is 266 g/mol. The Kier molecular flexibility index (Phi) is 5.46. The largest absolute Gasteiger partial charge is 0.389 e. The van der Waals surface area contributed by atoms with Crippen LogP contribution in [0.1, 0.15) is 45.4 Å². The predicted octanol–water partition coefficient (Wildman–Crippen LogP) is 3.17. The second-order valence-corrected chi connectivity index (χ2v) is 5.77. The summed E-state index contributed by atoms with van der Waals surface area (Å²) in [5.41, 5.74) is 5.81. The van der Waals surface area contributed by atoms with Crippen molar-refractivity contribution in [1.29, 1.82) is 0 Å². The summed E-state index contributed by atoms with van der Waals surface area (Å²) in [5, 5.41) is 0. The van der Waals surface area contributed by atoms with Gasteiger partial charge in [-0.15, -0.1) is 0 Å². The van der Waals surface area contributed by atoms with Gasteiger partial charge in [-0.2, -0.15) is 13.2 Å². The molecule has 1 saturated carbocycles. The van der Waals surface area contributed by atoms with Crippen molar-refractivity contribution in [3.63, 3.8) is 0 Å². The molecule has 2 nitrogen and oxygen atoms in total. The quantitative estimate of drug-likeness (QED) is 0.828. The highest BCUT2D eigenvalue weighted by Gasteiger charge is 2.37. The van der Waals surface area contributed by atoms with Crippen LogP contribution in [0.25, 0.3) is 0 Å². The smallest absolute Gasteiger partial charge is 0.329 e. The second-order valence-electron chi connectivity index (χ2n) is 5.77. The minimum atomic E-state index is -4.05. The normalized spacial score (nSPS) is 29.8. The molecule has 108 valence electrons. The number of hydrogen-bond donors (Lipinski definition) is 1. The summed E-state index contributed by atoms with van der Waals surface area (Å²) >= 11 is 0. The van der Waals surface area contributed by atoms with Crippen molar-refractivity contribution in [1.82, 2.24) is 4.90 Å². The molecule has 0 radical (unpaired) electrons. The van der Waals surface area contributed by atoms with Crippen molar-refractivity contribution in [2.24, 2.45) is 11.7 Å². The monoisotopic (exact) mass is 266 g/mol. The van der Waals surface area contributed by atoms with E-state index in [2.05, 4.69) is 11.8 Å². The van der Waals surface area contributed by atoms with E-state index in [1.54, 1.807) is 0 Å². The number of nitrogens with zero attached hydrogens (tertiary/aromatic N) is 1. The van der Waals surface area contributed by atoms with Gasteiger partial charge < -0.3 is 5.73 Å². The number of rotatable bonds is 5. The number of nitrogens with two attached hydrogens (primary N) is 1. The Balaban J connectivity index is 2.48. The van der Waals surface area contributed by atoms with Gasteiger partial charge in [0, 0.05) is 18.5 Å². The van der Waals surface area contributed by atoms with Crippen LogP contribution in [0.15, 0.2) is 0 Å². The molecule has 2 atom stereocenters. The first-order chi connectivity index (χ1) is 8.29. The molecule has 1 aliphatic rings. The molecule has 2 unspecified atom stereocenters. The van der Waals surface area contributed by atoms with Crippen molar-refractivity contribution >= 4 is 0 Å². The van der Waals surface area contributed by atoms with E-state index in [0.717, 1.165) is 19.3 Å². The standard InChI is InChI=1S/C13H25F3N2/c1-11-5-3-6-12(9-11,10-17)18(2)8-4-7-13(14,15)16/h11H,3-10,17H2,1-2H3. The Labute approximate surface area is 108 Å². The van der Waals surface area contributed by atoms with Crippen LogP contribution in [0, 0.1) is 5.92 Å². The summed E-state index contributed by atoms with van der Waals surface area (Å²) in [4.78, 5) is 2.06. The SMILES string of the molecule is CC1CCCC(CN)(N(C)CCCC(F)(F)F)C1. The summed E-state index contributed by atoms with van der Waals surface area (Å²) in [7, 11) is 1.92. The molecule has 0 saturated heterocycles. The lowest BCUT2D eigenvalue weighted by Crippen LogP contribution is -2.54. The zero-order chi connectivity index (χ0) is 13.8. The minimum Gasteiger partial charge on any atom is -0.329 e. The summed E-state index contributed by atoms with van der Waals surface area (Å²) in [6, 6.07) is 0. The molecule has 1 rings (SSSR count). The van der Waals surface area contributed by atoms with Crippen molar-refractivity contribution in [2.75, 3.05) is 20.1 Å². The van der Waals surface area contributed by atoms with Crippen molar-refractivity contribution in [2.45, 2.75) is 57.2 Å². The molecule has 5 heteroatoms. The van der Waals surface area contributed by atoms with Gasteiger partial charge in [0.15, 0.2) is 0 Å². The zero-order valence-electron chi connectivity index (χ0n) is 11.4. The molecule has 18 heavy (non-hydrogen) atoms. The number of halogens is 3. The maximum atomic E-state index is 12.1. The van der Waals surface area contributed by atoms with Gasteiger partial charge in [0.25, 0.3) is 0 Å². The fourth-order valence-corrected chi connectivity index (χ4v) is 3.07. The summed E-state index contributed by atoms with van der Waals surface area (Å²) in [6.07, 6.45) is -0.233. The fourth-order valence-electron chi connectivity index (χ4n) is 3.07. The highest BCUT2D eigenvalue weighted by Crippen LogP contribution is 2.36. The van der Waals surface area contributed by atoms with Crippen LogP contribution < -0.4 is 5.73 Å². The van der Waals surface area contributed by atoms with E-state index in [1.807, 2.05) is 7.05 Å². The van der Waals surface area contributed by atoms with E-state index >= 15 is 0 Å². The van der Waals surface area contributed by atoms with Gasteiger partial charge in [0.2, 0.25) is 0 Å². The first-order valence-corrected chi connectivity index (χ1v) is 6.77. The van der Waals surface area contributed by atoms with Crippen LogP contribution >= 0.6 is 0 Å². The molecule has 0 aromatic carbocycles. The molecule has 0 aromatic rings. The van der Waals surface area contributed by atoms with Crippen molar-refractivity contribution in [3.05, 3.63) is 0 Å². The third kappa shape index (κ3) is 4.43. The molecule has 0 spiro atoms. The van der Waals surface area contributed by atoms with Crippen LogP contribution in [0.5, 0.6) is 0 Å². The average Bonchev–Trinajstić information content (AvgIpc) is 2.27. The fraction of sp³-hybridized carbons (Fsp3) is 1.00. The van der Waals surface area contributed by atoms with Gasteiger partial charge in [-0.3, -0.25) is 4.90 Å². The Morgan fingerprint density at radius 3 is 2.56 bits per heavy atom. The molecule has 0 bridgehead atoms. The first-order valence-electron chi connectivity index (χ1n) is 6.77. The summed E-state index contributed by atoms with van der Waals surface area (Å²) in [6.45, 7) is 3.22. The van der Waals surface area contributed by atoms with Gasteiger partial charge in [-0.25, -0.2) is 0 Å². The third-order valence-corrected chi connectivity index (χ3v) is 4.21.